The molecule has 0 saturated carbocycles. The van der Waals surface area contributed by atoms with Crippen molar-refractivity contribution in [3.8, 4) is 0 Å². The molecule has 12 aliphatic rings. The molecule has 4 N–H and O–H groups in total. The van der Waals surface area contributed by atoms with Gasteiger partial charge in [0.1, 0.15) is 0 Å². The number of aromatic nitrogens is 4. The molecule has 652 valence electrons. The van der Waals surface area contributed by atoms with Crippen LogP contribution in [0.25, 0.3) is 0 Å². The van der Waals surface area contributed by atoms with Crippen molar-refractivity contribution in [1.29, 1.82) is 0 Å². The van der Waals surface area contributed by atoms with E-state index in [2.05, 4.69) is 262 Å². The molecule has 4 fully saturated rings. The van der Waals surface area contributed by atoms with Crippen LogP contribution in [0.2, 0.25) is 0 Å². The lowest BCUT2D eigenvalue weighted by atomic mass is 9.89. The molecule has 0 radical (unpaired) electrons. The molecule has 4 saturated heterocycles. The zero-order valence-corrected chi connectivity index (χ0v) is 75.9. The van der Waals surface area contributed by atoms with Crippen molar-refractivity contribution in [3.05, 3.63) is 236 Å². The molecule has 18 nitrogen and oxygen atoms in total. The predicted octanol–water partition coefficient (Wildman–Crippen LogP) is 15.5. The number of anilines is 4. The van der Waals surface area contributed by atoms with Gasteiger partial charge in [0, 0.05) is 201 Å². The van der Waals surface area contributed by atoms with Gasteiger partial charge < -0.3 is 40.9 Å². The van der Waals surface area contributed by atoms with Crippen molar-refractivity contribution < 1.29 is 0 Å². The Morgan fingerprint density at radius 3 is 0.934 bits per heavy atom. The Morgan fingerprint density at radius 1 is 0.320 bits per heavy atom. The topological polar surface area (TPSA) is 132 Å². The number of hydrogen-bond donors (Lipinski definition) is 4. The molecule has 122 heavy (non-hydrogen) atoms. The zero-order chi connectivity index (χ0) is 83.7. The molecule has 4 aromatic heterocycles. The first-order valence-corrected chi connectivity index (χ1v) is 48.0. The van der Waals surface area contributed by atoms with Crippen LogP contribution in [0.15, 0.2) is 146 Å². The summed E-state index contributed by atoms with van der Waals surface area (Å²) in [4.78, 5) is 45.0. The van der Waals surface area contributed by atoms with Crippen LogP contribution >= 0.6 is 0 Å². The monoisotopic (exact) mass is 1650 g/mol. The summed E-state index contributed by atoms with van der Waals surface area (Å²) in [5.41, 5.74) is 29.3. The minimum absolute atomic E-state index is 0.443. The number of rotatable bonds is 16. The van der Waals surface area contributed by atoms with Gasteiger partial charge in [-0.15, -0.1) is 0 Å². The standard InChI is InChI=1S/2C26H37N5.2C26H36N4/c2*1-18-15-31(16-19(2)29-18)24-10-5-8-21-14-28-22(13-23(21)24)17-30(3)25-11-4-7-20-9-6-12-27-26(20)25;2*1-28-18-21-10-7-12-24(30-15-4-3-5-16-30)23(21)17-22(28)19-29(2)25-13-6-9-20-11-8-14-27-26(20)25/h2*5-6,8-10,12,18-19,22,25,28-29H,4,7,11,13-17H2,1-3H3;2*7-8,10-12,14,22,25H,3-6,9,13,15-19H2,1-2H3/t18-,19-,22+,25+;18-,19-,22-,25+;22-,25+;22-,25-/m1110/s1. The molecule has 12 heterocycles. The second-order valence-corrected chi connectivity index (χ2v) is 39.2. The number of hydrogen-bond acceptors (Lipinski definition) is 18. The highest BCUT2D eigenvalue weighted by molar-refractivity contribution is 5.62. The highest BCUT2D eigenvalue weighted by Gasteiger charge is 2.38. The van der Waals surface area contributed by atoms with Gasteiger partial charge in [-0.2, -0.15) is 0 Å². The largest absolute Gasteiger partial charge is 0.371 e. The summed E-state index contributed by atoms with van der Waals surface area (Å²) in [6.07, 6.45) is 35.2. The fourth-order valence-electron chi connectivity index (χ4n) is 23.9. The summed E-state index contributed by atoms with van der Waals surface area (Å²) >= 11 is 0. The number of nitrogens with zero attached hydrogens (tertiary/aromatic N) is 14. The third-order valence-corrected chi connectivity index (χ3v) is 30.0. The number of likely N-dealkylation sites (N-methyl/N-ethyl adjacent to an activating group) is 6. The van der Waals surface area contributed by atoms with E-state index in [0.717, 1.165) is 104 Å². The van der Waals surface area contributed by atoms with E-state index in [1.807, 2.05) is 24.8 Å². The summed E-state index contributed by atoms with van der Waals surface area (Å²) in [7, 11) is 13.8. The fraction of sp³-hybridized carbons (Fsp3) is 0.577. The van der Waals surface area contributed by atoms with Crippen LogP contribution in [-0.2, 0) is 77.5 Å². The van der Waals surface area contributed by atoms with Gasteiger partial charge in [-0.05, 0) is 327 Å². The molecular weight excluding hydrogens is 1500 g/mol. The van der Waals surface area contributed by atoms with Crippen molar-refractivity contribution >= 4 is 22.7 Å². The van der Waals surface area contributed by atoms with Crippen molar-refractivity contribution in [3.63, 3.8) is 0 Å². The molecule has 20 rings (SSSR count). The van der Waals surface area contributed by atoms with Crippen molar-refractivity contribution in [2.75, 3.05) is 140 Å². The first-order chi connectivity index (χ1) is 59.6. The Morgan fingerprint density at radius 2 is 0.607 bits per heavy atom. The van der Waals surface area contributed by atoms with Crippen LogP contribution in [0, 0.1) is 0 Å². The smallest absolute Gasteiger partial charge is 0.0607 e. The lowest BCUT2D eigenvalue weighted by molar-refractivity contribution is 0.126. The van der Waals surface area contributed by atoms with Gasteiger partial charge in [0.2, 0.25) is 0 Å². The van der Waals surface area contributed by atoms with Gasteiger partial charge in [-0.25, -0.2) is 0 Å². The number of aryl methyl sites for hydroxylation is 4. The number of nitrogens with one attached hydrogen (secondary N) is 4. The average molecular weight is 1650 g/mol. The maximum atomic E-state index is 4.78. The van der Waals surface area contributed by atoms with Gasteiger partial charge in [-0.1, -0.05) is 72.8 Å². The van der Waals surface area contributed by atoms with Gasteiger partial charge in [0.15, 0.2) is 0 Å². The van der Waals surface area contributed by atoms with Gasteiger partial charge in [0.05, 0.1) is 46.9 Å². The number of piperidine rings is 2. The van der Waals surface area contributed by atoms with E-state index in [1.54, 1.807) is 22.3 Å². The number of pyridine rings is 4. The van der Waals surface area contributed by atoms with Gasteiger partial charge in [0.25, 0.3) is 0 Å². The number of fused-ring (bicyclic) bond motifs is 8. The number of piperazine rings is 2. The van der Waals surface area contributed by atoms with E-state index in [9.17, 15) is 0 Å². The first kappa shape index (κ1) is 86.4. The Bertz CT molecular complexity index is 4430. The Labute approximate surface area is 732 Å². The normalized spacial score (nSPS) is 26.5. The summed E-state index contributed by atoms with van der Waals surface area (Å²) in [5.74, 6) is 0. The Hall–Kier alpha value is -7.72. The first-order valence-electron chi connectivity index (χ1n) is 48.0. The minimum Gasteiger partial charge on any atom is -0.371 e. The van der Waals surface area contributed by atoms with Crippen molar-refractivity contribution in [1.82, 2.24) is 70.6 Å². The lowest BCUT2D eigenvalue weighted by Gasteiger charge is -2.41. The molecule has 0 unspecified atom stereocenters. The summed E-state index contributed by atoms with van der Waals surface area (Å²) in [6.45, 7) is 26.8. The minimum atomic E-state index is 0.443. The van der Waals surface area contributed by atoms with Crippen LogP contribution in [0.1, 0.15) is 231 Å². The summed E-state index contributed by atoms with van der Waals surface area (Å²) in [6, 6.07) is 51.2. The lowest BCUT2D eigenvalue weighted by Crippen LogP contribution is -2.55. The maximum Gasteiger partial charge on any atom is 0.0607 e. The van der Waals surface area contributed by atoms with E-state index in [-0.39, 0.29) is 0 Å². The van der Waals surface area contributed by atoms with Gasteiger partial charge >= 0.3 is 0 Å². The number of benzene rings is 4. The third-order valence-electron chi connectivity index (χ3n) is 30.0. The van der Waals surface area contributed by atoms with Gasteiger partial charge in [-0.3, -0.25) is 49.3 Å². The summed E-state index contributed by atoms with van der Waals surface area (Å²) in [5, 5.41) is 15.0. The van der Waals surface area contributed by atoms with E-state index in [4.69, 9.17) is 19.9 Å². The second kappa shape index (κ2) is 40.3. The maximum absolute atomic E-state index is 4.78. The molecule has 0 bridgehead atoms. The highest BCUT2D eigenvalue weighted by atomic mass is 15.3. The molecule has 0 amide bonds. The van der Waals surface area contributed by atoms with Crippen molar-refractivity contribution in [2.24, 2.45) is 0 Å². The zero-order valence-electron chi connectivity index (χ0n) is 75.9. The SMILES string of the molecule is CN1Cc2cccc(N3CCCCC3)c2C[C@@H]1CN(C)[C@H]1CCCc2cccnc21.CN1Cc2cccc(N3CCCCC3)c2C[C@H]1CN(C)[C@H]1CCCc2cccnc21.C[C@@H]1CN(c2cccc3c2C[C@@H](CN(C)[C@H]2CCCc4cccnc42)NC3)C[C@@H](C)N1.C[C@@H]1CN(c2cccc3c2C[C@H](CN(C)[C@H]2CCCc4cccnc42)NC3)C[C@@H](C)N1. The molecule has 8 aliphatic heterocycles. The fourth-order valence-corrected chi connectivity index (χ4v) is 23.9. The van der Waals surface area contributed by atoms with E-state index >= 15 is 0 Å². The average Bonchev–Trinajstić information content (AvgIpc) is 0.787. The predicted molar refractivity (Wildman–Crippen MR) is 503 cm³/mol. The van der Waals surface area contributed by atoms with Crippen LogP contribution in [0.3, 0.4) is 0 Å². The molecule has 18 heteroatoms. The molecule has 12 atom stereocenters. The van der Waals surface area contributed by atoms with E-state index < -0.39 is 0 Å². The Kier molecular flexibility index (Phi) is 28.5. The molecule has 0 spiro atoms. The van der Waals surface area contributed by atoms with Crippen molar-refractivity contribution in [2.45, 2.75) is 268 Å². The van der Waals surface area contributed by atoms with Crippen LogP contribution in [0.4, 0.5) is 22.7 Å². The molecular formula is C104H146N18. The molecule has 4 aliphatic carbocycles. The second-order valence-electron chi connectivity index (χ2n) is 39.2. The van der Waals surface area contributed by atoms with Crippen LogP contribution < -0.4 is 40.9 Å². The molecule has 4 aromatic carbocycles. The van der Waals surface area contributed by atoms with Crippen LogP contribution in [-0.4, -0.2) is 218 Å². The van der Waals surface area contributed by atoms with E-state index in [1.165, 1.54) is 232 Å². The highest BCUT2D eigenvalue weighted by Crippen LogP contribution is 2.42. The third kappa shape index (κ3) is 20.2. The molecule has 8 aromatic rings. The Balaban J connectivity index is 0.000000116. The quantitative estimate of drug-likeness (QED) is 0.0731. The van der Waals surface area contributed by atoms with Crippen LogP contribution in [0.5, 0.6) is 0 Å². The summed E-state index contributed by atoms with van der Waals surface area (Å²) < 4.78 is 0. The van der Waals surface area contributed by atoms with E-state index in [0.29, 0.717) is 72.5 Å².